The van der Waals surface area contributed by atoms with Crippen LogP contribution in [0.25, 0.3) is 0 Å². The third kappa shape index (κ3) is 3.70. The summed E-state index contributed by atoms with van der Waals surface area (Å²) in [5, 5.41) is 0.0576. The van der Waals surface area contributed by atoms with Gasteiger partial charge in [0.1, 0.15) is 18.2 Å². The van der Waals surface area contributed by atoms with Gasteiger partial charge >= 0.3 is 0 Å². The minimum atomic E-state index is -0.508. The molecule has 0 unspecified atom stereocenters. The normalized spacial score (nSPS) is 10.1. The van der Waals surface area contributed by atoms with Crippen molar-refractivity contribution in [3.63, 3.8) is 0 Å². The van der Waals surface area contributed by atoms with Gasteiger partial charge in [-0.3, -0.25) is 0 Å². The van der Waals surface area contributed by atoms with Gasteiger partial charge in [-0.15, -0.1) is 0 Å². The van der Waals surface area contributed by atoms with Gasteiger partial charge in [-0.1, -0.05) is 18.2 Å². The summed E-state index contributed by atoms with van der Waals surface area (Å²) in [5.41, 5.74) is 0.820. The minimum absolute atomic E-state index is 0.0576. The van der Waals surface area contributed by atoms with Crippen molar-refractivity contribution in [3.05, 3.63) is 39.6 Å². The molecule has 0 radical (unpaired) electrons. The average Bonchev–Trinajstić information content (AvgIpc) is 2.21. The Hall–Kier alpha value is -0.190. The van der Waals surface area contributed by atoms with Crippen molar-refractivity contribution in [2.75, 3.05) is 12.4 Å². The standard InChI is InChI=1S/C10H9BrClFOS/c1-6(5-15)4-14-10-3-9(13)8(12)2-7(10)11/h2-3,15H,1,4-5H2. The number of thiol groups is 1. The molecule has 0 saturated carbocycles. The van der Waals surface area contributed by atoms with Crippen LogP contribution in [-0.4, -0.2) is 12.4 Å². The lowest BCUT2D eigenvalue weighted by Gasteiger charge is -2.09. The fourth-order valence-corrected chi connectivity index (χ4v) is 1.68. The van der Waals surface area contributed by atoms with E-state index in [-0.39, 0.29) is 5.02 Å². The molecule has 0 atom stereocenters. The molecular weight excluding hydrogens is 303 g/mol. The molecule has 0 aliphatic rings. The molecule has 5 heteroatoms. The van der Waals surface area contributed by atoms with Crippen molar-refractivity contribution in [3.8, 4) is 5.75 Å². The summed E-state index contributed by atoms with van der Waals surface area (Å²) in [6.07, 6.45) is 0. The lowest BCUT2D eigenvalue weighted by molar-refractivity contribution is 0.349. The number of rotatable bonds is 4. The predicted molar refractivity (Wildman–Crippen MR) is 67.6 cm³/mol. The summed E-state index contributed by atoms with van der Waals surface area (Å²) in [6, 6.07) is 2.69. The van der Waals surface area contributed by atoms with Crippen LogP contribution in [-0.2, 0) is 0 Å². The topological polar surface area (TPSA) is 9.23 Å². The van der Waals surface area contributed by atoms with Crippen LogP contribution in [0.4, 0.5) is 4.39 Å². The minimum Gasteiger partial charge on any atom is -0.488 e. The SMILES string of the molecule is C=C(CS)COc1cc(F)c(Cl)cc1Br. The highest BCUT2D eigenvalue weighted by atomic mass is 79.9. The van der Waals surface area contributed by atoms with Crippen LogP contribution in [0, 0.1) is 5.82 Å². The quantitative estimate of drug-likeness (QED) is 0.500. The third-order valence-corrected chi connectivity index (χ3v) is 2.99. The first-order valence-electron chi connectivity index (χ1n) is 4.09. The van der Waals surface area contributed by atoms with Crippen molar-refractivity contribution in [2.24, 2.45) is 0 Å². The fourth-order valence-electron chi connectivity index (χ4n) is 0.840. The van der Waals surface area contributed by atoms with E-state index in [1.807, 2.05) is 0 Å². The Kier molecular flexibility index (Phi) is 4.96. The number of benzene rings is 1. The molecule has 0 heterocycles. The molecule has 0 saturated heterocycles. The second kappa shape index (κ2) is 5.77. The highest BCUT2D eigenvalue weighted by molar-refractivity contribution is 9.10. The smallest absolute Gasteiger partial charge is 0.145 e. The maximum atomic E-state index is 13.1. The number of hydrogen-bond donors (Lipinski definition) is 1. The number of halogens is 3. The molecule has 15 heavy (non-hydrogen) atoms. The first kappa shape index (κ1) is 12.9. The first-order chi connectivity index (χ1) is 7.04. The first-order valence-corrected chi connectivity index (χ1v) is 5.89. The van der Waals surface area contributed by atoms with Crippen LogP contribution < -0.4 is 4.74 Å². The van der Waals surface area contributed by atoms with E-state index in [1.165, 1.54) is 12.1 Å². The van der Waals surface area contributed by atoms with Gasteiger partial charge in [0, 0.05) is 11.8 Å². The van der Waals surface area contributed by atoms with Crippen molar-refractivity contribution in [1.82, 2.24) is 0 Å². The van der Waals surface area contributed by atoms with Crippen LogP contribution in [0.2, 0.25) is 5.02 Å². The molecule has 1 rings (SSSR count). The second-order valence-electron chi connectivity index (χ2n) is 2.89. The van der Waals surface area contributed by atoms with E-state index in [2.05, 4.69) is 35.1 Å². The Morgan fingerprint density at radius 3 is 2.87 bits per heavy atom. The van der Waals surface area contributed by atoms with Crippen LogP contribution in [0.1, 0.15) is 0 Å². The van der Waals surface area contributed by atoms with E-state index in [1.54, 1.807) is 0 Å². The van der Waals surface area contributed by atoms with Crippen molar-refractivity contribution in [2.45, 2.75) is 0 Å². The van der Waals surface area contributed by atoms with Gasteiger partial charge in [-0.05, 0) is 27.6 Å². The monoisotopic (exact) mass is 310 g/mol. The Bertz CT molecular complexity index is 384. The molecule has 0 aromatic heterocycles. The molecule has 0 fully saturated rings. The van der Waals surface area contributed by atoms with E-state index < -0.39 is 5.82 Å². The predicted octanol–water partition coefficient (Wildman–Crippen LogP) is 4.11. The van der Waals surface area contributed by atoms with Crippen molar-refractivity contribution >= 4 is 40.2 Å². The van der Waals surface area contributed by atoms with Gasteiger partial charge in [-0.2, -0.15) is 12.6 Å². The van der Waals surface area contributed by atoms with Crippen LogP contribution >= 0.6 is 40.2 Å². The van der Waals surface area contributed by atoms with E-state index in [4.69, 9.17) is 16.3 Å². The Morgan fingerprint density at radius 1 is 1.60 bits per heavy atom. The molecule has 0 aliphatic carbocycles. The van der Waals surface area contributed by atoms with E-state index >= 15 is 0 Å². The number of hydrogen-bond acceptors (Lipinski definition) is 2. The molecule has 1 aromatic rings. The summed E-state index contributed by atoms with van der Waals surface area (Å²) in [6.45, 7) is 4.03. The molecule has 82 valence electrons. The van der Waals surface area contributed by atoms with Gasteiger partial charge in [0.25, 0.3) is 0 Å². The zero-order valence-electron chi connectivity index (χ0n) is 7.77. The molecule has 0 amide bonds. The molecule has 0 aliphatic heterocycles. The van der Waals surface area contributed by atoms with E-state index in [0.717, 1.165) is 5.57 Å². The molecule has 0 spiro atoms. The van der Waals surface area contributed by atoms with Crippen LogP contribution in [0.3, 0.4) is 0 Å². The maximum Gasteiger partial charge on any atom is 0.145 e. The zero-order chi connectivity index (χ0) is 11.4. The van der Waals surface area contributed by atoms with E-state index in [0.29, 0.717) is 22.6 Å². The summed E-state index contributed by atoms with van der Waals surface area (Å²) < 4.78 is 19.0. The molecular formula is C10H9BrClFOS. The van der Waals surface area contributed by atoms with Crippen molar-refractivity contribution < 1.29 is 9.13 Å². The lowest BCUT2D eigenvalue weighted by Crippen LogP contribution is -2.02. The summed E-state index contributed by atoms with van der Waals surface area (Å²) in [7, 11) is 0. The summed E-state index contributed by atoms with van der Waals surface area (Å²) in [4.78, 5) is 0. The second-order valence-corrected chi connectivity index (χ2v) is 4.47. The average molecular weight is 312 g/mol. The van der Waals surface area contributed by atoms with Crippen LogP contribution in [0.5, 0.6) is 5.75 Å². The van der Waals surface area contributed by atoms with Crippen molar-refractivity contribution in [1.29, 1.82) is 0 Å². The Labute approximate surface area is 107 Å². The Balaban J connectivity index is 2.77. The zero-order valence-corrected chi connectivity index (χ0v) is 11.0. The van der Waals surface area contributed by atoms with Gasteiger partial charge in [-0.25, -0.2) is 4.39 Å². The van der Waals surface area contributed by atoms with Gasteiger partial charge in [0.05, 0.1) is 9.50 Å². The third-order valence-electron chi connectivity index (χ3n) is 1.63. The molecule has 0 bridgehead atoms. The highest BCUT2D eigenvalue weighted by Gasteiger charge is 2.07. The molecule has 0 N–H and O–H groups in total. The maximum absolute atomic E-state index is 13.1. The van der Waals surface area contributed by atoms with Gasteiger partial charge < -0.3 is 4.74 Å². The van der Waals surface area contributed by atoms with Gasteiger partial charge in [0.15, 0.2) is 0 Å². The Morgan fingerprint density at radius 2 is 2.27 bits per heavy atom. The molecule has 1 aromatic carbocycles. The summed E-state index contributed by atoms with van der Waals surface area (Å²) in [5.74, 6) is 0.430. The molecule has 1 nitrogen and oxygen atoms in total. The summed E-state index contributed by atoms with van der Waals surface area (Å²) >= 11 is 12.9. The largest absolute Gasteiger partial charge is 0.488 e. The van der Waals surface area contributed by atoms with E-state index in [9.17, 15) is 4.39 Å². The fraction of sp³-hybridized carbons (Fsp3) is 0.200. The van der Waals surface area contributed by atoms with Gasteiger partial charge in [0.2, 0.25) is 0 Å². The lowest BCUT2D eigenvalue weighted by atomic mass is 10.3. The van der Waals surface area contributed by atoms with Crippen LogP contribution in [0.15, 0.2) is 28.8 Å². The number of ether oxygens (including phenoxy) is 1. The highest BCUT2D eigenvalue weighted by Crippen LogP contribution is 2.30.